The molecule has 1 amide bonds. The summed E-state index contributed by atoms with van der Waals surface area (Å²) < 4.78 is 18.7. The van der Waals surface area contributed by atoms with E-state index < -0.39 is 0 Å². The fourth-order valence-electron chi connectivity index (χ4n) is 3.36. The number of amides is 1. The predicted octanol–water partition coefficient (Wildman–Crippen LogP) is 0.614. The van der Waals surface area contributed by atoms with Gasteiger partial charge in [-0.2, -0.15) is 5.10 Å². The number of aryl methyl sites for hydroxylation is 1. The highest BCUT2D eigenvalue weighted by molar-refractivity contribution is 5.75. The van der Waals surface area contributed by atoms with Crippen LogP contribution in [0.25, 0.3) is 5.69 Å². The van der Waals surface area contributed by atoms with Gasteiger partial charge in [0.15, 0.2) is 11.5 Å². The fourth-order valence-corrected chi connectivity index (χ4v) is 3.36. The van der Waals surface area contributed by atoms with Gasteiger partial charge in [0.2, 0.25) is 12.7 Å². The highest BCUT2D eigenvalue weighted by atomic mass is 16.7. The standard InChI is InChI=1S/C18H22N4O5/c1-12-20-21(9-17(23)19-8-13-3-2-6-25-10-13)18(24)22(12)14-4-5-15-16(7-14)27-11-26-15/h4-5,7,13H,2-3,6,8-11H2,1H3,(H,19,23)/t13-/m1/s1. The molecular weight excluding hydrogens is 352 g/mol. The maximum absolute atomic E-state index is 12.7. The van der Waals surface area contributed by atoms with E-state index in [4.69, 9.17) is 14.2 Å². The molecule has 0 radical (unpaired) electrons. The van der Waals surface area contributed by atoms with Crippen LogP contribution in [0.4, 0.5) is 0 Å². The zero-order valence-electron chi connectivity index (χ0n) is 15.1. The Balaban J connectivity index is 1.46. The minimum Gasteiger partial charge on any atom is -0.454 e. The first kappa shape index (κ1) is 17.6. The number of nitrogens with one attached hydrogen (secondary N) is 1. The molecule has 9 nitrogen and oxygen atoms in total. The molecule has 27 heavy (non-hydrogen) atoms. The molecule has 4 rings (SSSR count). The van der Waals surface area contributed by atoms with Crippen LogP contribution in [0.15, 0.2) is 23.0 Å². The third-order valence-electron chi connectivity index (χ3n) is 4.75. The lowest BCUT2D eigenvalue weighted by Crippen LogP contribution is -2.37. The van der Waals surface area contributed by atoms with Crippen molar-refractivity contribution < 1.29 is 19.0 Å². The zero-order chi connectivity index (χ0) is 18.8. The van der Waals surface area contributed by atoms with Gasteiger partial charge >= 0.3 is 5.69 Å². The molecule has 1 atom stereocenters. The van der Waals surface area contributed by atoms with Crippen molar-refractivity contribution in [2.45, 2.75) is 26.3 Å². The fraction of sp³-hybridized carbons (Fsp3) is 0.500. The molecule has 0 aliphatic carbocycles. The van der Waals surface area contributed by atoms with Crippen LogP contribution in [-0.4, -0.2) is 46.8 Å². The number of nitrogens with zero attached hydrogens (tertiary/aromatic N) is 3. The monoisotopic (exact) mass is 374 g/mol. The smallest absolute Gasteiger partial charge is 0.351 e. The van der Waals surface area contributed by atoms with Gasteiger partial charge in [-0.05, 0) is 37.8 Å². The number of ether oxygens (including phenoxy) is 3. The van der Waals surface area contributed by atoms with Crippen LogP contribution < -0.4 is 20.5 Å². The van der Waals surface area contributed by atoms with Gasteiger partial charge in [-0.1, -0.05) is 0 Å². The summed E-state index contributed by atoms with van der Waals surface area (Å²) in [5.41, 5.74) is 0.246. The van der Waals surface area contributed by atoms with E-state index in [1.165, 1.54) is 9.25 Å². The normalized spacial score (nSPS) is 18.5. The van der Waals surface area contributed by atoms with E-state index >= 15 is 0 Å². The van der Waals surface area contributed by atoms with E-state index in [1.54, 1.807) is 25.1 Å². The van der Waals surface area contributed by atoms with Gasteiger partial charge in [0.05, 0.1) is 12.3 Å². The van der Waals surface area contributed by atoms with Crippen molar-refractivity contribution in [2.75, 3.05) is 26.6 Å². The summed E-state index contributed by atoms with van der Waals surface area (Å²) in [6.07, 6.45) is 2.05. The van der Waals surface area contributed by atoms with Crippen LogP contribution in [0, 0.1) is 12.8 Å². The number of carbonyl (C=O) groups excluding carboxylic acids is 1. The largest absolute Gasteiger partial charge is 0.454 e. The molecule has 0 unspecified atom stereocenters. The first-order valence-corrected chi connectivity index (χ1v) is 9.03. The number of hydrogen-bond donors (Lipinski definition) is 1. The maximum Gasteiger partial charge on any atom is 0.351 e. The van der Waals surface area contributed by atoms with Crippen molar-refractivity contribution in [2.24, 2.45) is 5.92 Å². The van der Waals surface area contributed by atoms with Crippen molar-refractivity contribution >= 4 is 5.91 Å². The molecule has 2 aromatic rings. The molecule has 0 spiro atoms. The minimum absolute atomic E-state index is 0.120. The number of hydrogen-bond acceptors (Lipinski definition) is 6. The highest BCUT2D eigenvalue weighted by Gasteiger charge is 2.19. The SMILES string of the molecule is Cc1nn(CC(=O)NC[C@H]2CCCOC2)c(=O)n1-c1ccc2c(c1)OCO2. The van der Waals surface area contributed by atoms with Crippen molar-refractivity contribution in [3.05, 3.63) is 34.5 Å². The highest BCUT2D eigenvalue weighted by Crippen LogP contribution is 2.33. The molecule has 1 fully saturated rings. The second-order valence-electron chi connectivity index (χ2n) is 6.75. The summed E-state index contributed by atoms with van der Waals surface area (Å²) in [5.74, 6) is 1.81. The van der Waals surface area contributed by atoms with Crippen LogP contribution >= 0.6 is 0 Å². The van der Waals surface area contributed by atoms with Crippen molar-refractivity contribution in [3.8, 4) is 17.2 Å². The molecule has 2 aliphatic heterocycles. The summed E-state index contributed by atoms with van der Waals surface area (Å²) in [4.78, 5) is 24.9. The Bertz CT molecular complexity index is 898. The topological polar surface area (TPSA) is 96.6 Å². The Morgan fingerprint density at radius 2 is 2.19 bits per heavy atom. The summed E-state index contributed by atoms with van der Waals surface area (Å²) in [6, 6.07) is 5.24. The Morgan fingerprint density at radius 3 is 3.00 bits per heavy atom. The second kappa shape index (κ2) is 7.43. The van der Waals surface area contributed by atoms with Crippen molar-refractivity contribution in [1.29, 1.82) is 0 Å². The number of carbonyl (C=O) groups is 1. The Kier molecular flexibility index (Phi) is 4.85. The molecule has 144 valence electrons. The number of aromatic nitrogens is 3. The van der Waals surface area contributed by atoms with E-state index in [9.17, 15) is 9.59 Å². The van der Waals surface area contributed by atoms with Crippen molar-refractivity contribution in [3.63, 3.8) is 0 Å². The van der Waals surface area contributed by atoms with Gasteiger partial charge in [-0.15, -0.1) is 0 Å². The minimum atomic E-state index is -0.373. The Morgan fingerprint density at radius 1 is 1.33 bits per heavy atom. The van der Waals surface area contributed by atoms with Crippen LogP contribution in [0.2, 0.25) is 0 Å². The number of fused-ring (bicyclic) bond motifs is 1. The zero-order valence-corrected chi connectivity index (χ0v) is 15.1. The molecule has 0 bridgehead atoms. The van der Waals surface area contributed by atoms with E-state index in [0.717, 1.165) is 19.4 Å². The lowest BCUT2D eigenvalue weighted by atomic mass is 10.0. The van der Waals surface area contributed by atoms with Crippen molar-refractivity contribution in [1.82, 2.24) is 19.7 Å². The summed E-state index contributed by atoms with van der Waals surface area (Å²) >= 11 is 0. The molecule has 1 N–H and O–H groups in total. The van der Waals surface area contributed by atoms with Crippen LogP contribution in [-0.2, 0) is 16.1 Å². The van der Waals surface area contributed by atoms with Gasteiger partial charge in [0.1, 0.15) is 12.4 Å². The average Bonchev–Trinajstić information content (AvgIpc) is 3.24. The molecular formula is C18H22N4O5. The molecule has 2 aliphatic rings. The quantitative estimate of drug-likeness (QED) is 0.824. The van der Waals surface area contributed by atoms with Gasteiger partial charge in [0, 0.05) is 19.2 Å². The Labute approximate surface area is 155 Å². The molecule has 1 aromatic heterocycles. The summed E-state index contributed by atoms with van der Waals surface area (Å²) in [6.45, 7) is 3.77. The van der Waals surface area contributed by atoms with Crippen LogP contribution in [0.1, 0.15) is 18.7 Å². The number of rotatable bonds is 5. The van der Waals surface area contributed by atoms with E-state index in [0.29, 0.717) is 42.1 Å². The predicted molar refractivity (Wildman–Crippen MR) is 95.2 cm³/mol. The third-order valence-corrected chi connectivity index (χ3v) is 4.75. The average molecular weight is 374 g/mol. The lowest BCUT2D eigenvalue weighted by Gasteiger charge is -2.22. The van der Waals surface area contributed by atoms with E-state index in [1.807, 2.05) is 0 Å². The Hall–Kier alpha value is -2.81. The molecule has 9 heteroatoms. The third kappa shape index (κ3) is 3.68. The summed E-state index contributed by atoms with van der Waals surface area (Å²) in [7, 11) is 0. The first-order chi connectivity index (χ1) is 13.1. The van der Waals surface area contributed by atoms with Gasteiger partial charge in [0.25, 0.3) is 0 Å². The van der Waals surface area contributed by atoms with E-state index in [-0.39, 0.29) is 24.9 Å². The van der Waals surface area contributed by atoms with Gasteiger partial charge in [-0.3, -0.25) is 4.79 Å². The lowest BCUT2D eigenvalue weighted by molar-refractivity contribution is -0.122. The van der Waals surface area contributed by atoms with Gasteiger partial charge in [-0.25, -0.2) is 14.0 Å². The number of benzene rings is 1. The van der Waals surface area contributed by atoms with E-state index in [2.05, 4.69) is 10.4 Å². The molecule has 0 saturated carbocycles. The molecule has 1 saturated heterocycles. The molecule has 3 heterocycles. The maximum atomic E-state index is 12.7. The molecule has 1 aromatic carbocycles. The van der Waals surface area contributed by atoms with Crippen LogP contribution in [0.3, 0.4) is 0 Å². The summed E-state index contributed by atoms with van der Waals surface area (Å²) in [5, 5.41) is 7.09. The first-order valence-electron chi connectivity index (χ1n) is 9.03. The van der Waals surface area contributed by atoms with Gasteiger partial charge < -0.3 is 19.5 Å². The van der Waals surface area contributed by atoms with Crippen LogP contribution in [0.5, 0.6) is 11.5 Å². The second-order valence-corrected chi connectivity index (χ2v) is 6.75.